The maximum Gasteiger partial charge on any atom is 0.335 e. The van der Waals surface area contributed by atoms with Crippen molar-refractivity contribution in [2.75, 3.05) is 13.1 Å². The number of phenols is 1. The molecule has 1 saturated heterocycles. The van der Waals surface area contributed by atoms with E-state index in [0.717, 1.165) is 37.7 Å². The number of benzene rings is 2. The highest BCUT2D eigenvalue weighted by atomic mass is 16.7. The van der Waals surface area contributed by atoms with Gasteiger partial charge in [0.05, 0.1) is 10.9 Å². The molecule has 0 radical (unpaired) electrons. The summed E-state index contributed by atoms with van der Waals surface area (Å²) in [5, 5.41) is 56.5. The van der Waals surface area contributed by atoms with Crippen molar-refractivity contribution < 1.29 is 44.2 Å². The second-order valence-corrected chi connectivity index (χ2v) is 13.1. The lowest BCUT2D eigenvalue weighted by atomic mass is 9.83. The smallest absolute Gasteiger partial charge is 0.335 e. The van der Waals surface area contributed by atoms with Gasteiger partial charge in [0.25, 0.3) is 0 Å². The first-order chi connectivity index (χ1) is 23.5. The minimum Gasteiger partial charge on any atom is -0.508 e. The number of nitrogens with one attached hydrogen (secondary N) is 2. The molecule has 7 N–H and O–H groups in total. The molecule has 12 heteroatoms. The van der Waals surface area contributed by atoms with Crippen molar-refractivity contribution in [1.29, 1.82) is 0 Å². The number of rotatable bonds is 16. The summed E-state index contributed by atoms with van der Waals surface area (Å²) in [5.41, 5.74) is -0.470. The number of aromatic hydroxyl groups is 1. The third-order valence-corrected chi connectivity index (χ3v) is 9.53. The van der Waals surface area contributed by atoms with Gasteiger partial charge >= 0.3 is 5.97 Å². The Labute approximate surface area is 284 Å². The van der Waals surface area contributed by atoms with Crippen LogP contribution in [0.3, 0.4) is 0 Å². The summed E-state index contributed by atoms with van der Waals surface area (Å²) in [4.78, 5) is 28.3. The number of aliphatic hydroxyl groups is 3. The van der Waals surface area contributed by atoms with Crippen molar-refractivity contribution in [3.05, 3.63) is 83.0 Å². The summed E-state index contributed by atoms with van der Waals surface area (Å²) in [6, 6.07) is 12.4. The Hall–Kier alpha value is -4.20. The molecule has 2 aromatic carbocycles. The number of hydrogen-bond donors (Lipinski definition) is 7. The first-order valence-corrected chi connectivity index (χ1v) is 16.8. The molecule has 0 spiro atoms. The van der Waals surface area contributed by atoms with Gasteiger partial charge in [0.2, 0.25) is 6.29 Å². The van der Waals surface area contributed by atoms with Gasteiger partial charge in [0.1, 0.15) is 35.6 Å². The zero-order valence-corrected chi connectivity index (χ0v) is 27.7. The molecule has 264 valence electrons. The normalized spacial score (nSPS) is 23.7. The van der Waals surface area contributed by atoms with Crippen LogP contribution in [0, 0.1) is 11.8 Å². The number of aromatic nitrogens is 1. The molecule has 0 bridgehead atoms. The van der Waals surface area contributed by atoms with Crippen molar-refractivity contribution in [1.82, 2.24) is 10.3 Å². The molecular weight excluding hydrogens is 632 g/mol. The highest BCUT2D eigenvalue weighted by molar-refractivity contribution is 5.82. The number of fused-ring (bicyclic) bond motifs is 1. The third kappa shape index (κ3) is 8.34. The summed E-state index contributed by atoms with van der Waals surface area (Å²) >= 11 is 0. The van der Waals surface area contributed by atoms with Crippen LogP contribution in [-0.4, -0.2) is 79.8 Å². The van der Waals surface area contributed by atoms with Gasteiger partial charge in [0, 0.05) is 25.0 Å². The Balaban J connectivity index is 1.35. The van der Waals surface area contributed by atoms with Gasteiger partial charge in [-0.2, -0.15) is 0 Å². The molecule has 0 aliphatic carbocycles. The van der Waals surface area contributed by atoms with Crippen molar-refractivity contribution >= 4 is 16.9 Å². The average Bonchev–Trinajstić information content (AvgIpc) is 3.60. The molecule has 1 aliphatic rings. The molecule has 4 aromatic rings. The molecule has 7 atom stereocenters. The Bertz CT molecular complexity index is 1720. The van der Waals surface area contributed by atoms with Gasteiger partial charge in [-0.15, -0.1) is 0 Å². The standard InChI is InChI=1S/C37H46N2O10/c1-3-4-5-6-7-22(2)25(16-23-14-15-38-18-23)19-39-21-37(46)34(43)32(42)33(35(44)45)49-36(37)48-27-12-13-28-30(17-27)47-20-29(31(28)41)24-8-10-26(40)11-9-24/h8-15,17-18,20,22,25,32-34,36,38-40,42-43,46H,3-7,16,19,21H2,1-2H3,(H,44,45)/t22-,25-,32+,33-,34-,36+,37+/m0/s1. The Morgan fingerprint density at radius 3 is 2.57 bits per heavy atom. The Morgan fingerprint density at radius 1 is 1.10 bits per heavy atom. The van der Waals surface area contributed by atoms with Crippen molar-refractivity contribution in [3.63, 3.8) is 0 Å². The quantitative estimate of drug-likeness (QED) is 0.0840. The molecule has 1 fully saturated rings. The topological polar surface area (TPSA) is 195 Å². The Kier molecular flexibility index (Phi) is 11.8. The van der Waals surface area contributed by atoms with Crippen molar-refractivity contribution in [2.45, 2.75) is 82.6 Å². The highest BCUT2D eigenvalue weighted by Crippen LogP contribution is 2.34. The van der Waals surface area contributed by atoms with E-state index < -0.39 is 36.2 Å². The van der Waals surface area contributed by atoms with E-state index in [0.29, 0.717) is 18.0 Å². The Morgan fingerprint density at radius 2 is 1.88 bits per heavy atom. The molecule has 5 rings (SSSR count). The number of H-pyrrole nitrogens is 1. The maximum atomic E-state index is 13.3. The SMILES string of the molecule is CCCCCC[C@H](C)[C@H](CNC[C@]1(O)[C@H](Oc2ccc3c(=O)c(-c4ccc(O)cc4)coc3c2)O[C@H](C(=O)O)[C@@H](O)[C@@H]1O)Cc1cc[nH]c1. The van der Waals surface area contributed by atoms with E-state index in [1.807, 2.05) is 18.5 Å². The van der Waals surface area contributed by atoms with Crippen LogP contribution in [-0.2, 0) is 16.0 Å². The maximum absolute atomic E-state index is 13.3. The number of ether oxygens (including phenoxy) is 2. The van der Waals surface area contributed by atoms with E-state index in [1.54, 1.807) is 12.1 Å². The fraction of sp³-hybridized carbons (Fsp3) is 0.459. The summed E-state index contributed by atoms with van der Waals surface area (Å²) in [6.07, 6.45) is 4.04. The monoisotopic (exact) mass is 678 g/mol. The molecule has 0 amide bonds. The largest absolute Gasteiger partial charge is 0.508 e. The predicted octanol–water partition coefficient (Wildman–Crippen LogP) is 4.19. The first kappa shape index (κ1) is 36.1. The van der Waals surface area contributed by atoms with Crippen LogP contribution in [0.2, 0.25) is 0 Å². The minimum atomic E-state index is -2.27. The molecule has 0 unspecified atom stereocenters. The summed E-state index contributed by atoms with van der Waals surface area (Å²) in [5.74, 6) is -0.895. The zero-order valence-electron chi connectivity index (χ0n) is 27.7. The van der Waals surface area contributed by atoms with Crippen LogP contribution in [0.1, 0.15) is 51.5 Å². The summed E-state index contributed by atoms with van der Waals surface area (Å²) in [7, 11) is 0. The summed E-state index contributed by atoms with van der Waals surface area (Å²) < 4.78 is 17.3. The van der Waals surface area contributed by atoms with Crippen LogP contribution in [0.15, 0.2) is 76.4 Å². The second-order valence-electron chi connectivity index (χ2n) is 13.1. The van der Waals surface area contributed by atoms with Crippen LogP contribution in [0.25, 0.3) is 22.1 Å². The van der Waals surface area contributed by atoms with Gasteiger partial charge in [-0.25, -0.2) is 4.79 Å². The van der Waals surface area contributed by atoms with E-state index in [4.69, 9.17) is 13.9 Å². The molecule has 0 saturated carbocycles. The lowest BCUT2D eigenvalue weighted by molar-refractivity contribution is -0.311. The molecule has 1 aliphatic heterocycles. The lowest BCUT2D eigenvalue weighted by Gasteiger charge is -2.47. The number of aliphatic hydroxyl groups excluding tert-OH is 2. The molecule has 2 aromatic heterocycles. The number of aliphatic carboxylic acids is 1. The molecule has 12 nitrogen and oxygen atoms in total. The molecule has 3 heterocycles. The van der Waals surface area contributed by atoms with E-state index in [2.05, 4.69) is 24.1 Å². The van der Waals surface area contributed by atoms with Crippen LogP contribution >= 0.6 is 0 Å². The predicted molar refractivity (Wildman–Crippen MR) is 182 cm³/mol. The second kappa shape index (κ2) is 16.0. The van der Waals surface area contributed by atoms with E-state index in [-0.39, 0.29) is 45.9 Å². The van der Waals surface area contributed by atoms with Gasteiger partial charge in [-0.1, -0.05) is 58.1 Å². The van der Waals surface area contributed by atoms with Crippen LogP contribution in [0.4, 0.5) is 0 Å². The molecule has 49 heavy (non-hydrogen) atoms. The number of unbranched alkanes of at least 4 members (excludes halogenated alkanes) is 3. The fourth-order valence-corrected chi connectivity index (χ4v) is 6.45. The number of carboxylic acids is 1. The summed E-state index contributed by atoms with van der Waals surface area (Å²) in [6.45, 7) is 4.56. The lowest BCUT2D eigenvalue weighted by Crippen LogP contribution is -2.71. The van der Waals surface area contributed by atoms with Crippen molar-refractivity contribution in [3.8, 4) is 22.6 Å². The zero-order chi connectivity index (χ0) is 35.1. The van der Waals surface area contributed by atoms with Crippen LogP contribution < -0.4 is 15.5 Å². The third-order valence-electron chi connectivity index (χ3n) is 9.53. The number of hydrogen-bond acceptors (Lipinski definition) is 10. The van der Waals surface area contributed by atoms with Crippen molar-refractivity contribution in [2.24, 2.45) is 11.8 Å². The average molecular weight is 679 g/mol. The van der Waals surface area contributed by atoms with E-state index >= 15 is 0 Å². The number of phenolic OH excluding ortho intramolecular Hbond substituents is 1. The number of carboxylic acid groups (broad SMARTS) is 1. The van der Waals surface area contributed by atoms with E-state index in [1.165, 1.54) is 43.0 Å². The van der Waals surface area contributed by atoms with Gasteiger partial charge < -0.3 is 49.7 Å². The van der Waals surface area contributed by atoms with Crippen LogP contribution in [0.5, 0.6) is 11.5 Å². The van der Waals surface area contributed by atoms with Gasteiger partial charge in [0.15, 0.2) is 17.1 Å². The number of carbonyl (C=O) groups is 1. The highest BCUT2D eigenvalue weighted by Gasteiger charge is 2.58. The minimum absolute atomic E-state index is 0.0578. The number of aromatic amines is 1. The fourth-order valence-electron chi connectivity index (χ4n) is 6.45. The van der Waals surface area contributed by atoms with Gasteiger partial charge in [-0.05, 0) is 66.3 Å². The first-order valence-electron chi connectivity index (χ1n) is 16.8. The molecular formula is C37H46N2O10. The van der Waals surface area contributed by atoms with Gasteiger partial charge in [-0.3, -0.25) is 4.79 Å². The van der Waals surface area contributed by atoms with E-state index in [9.17, 15) is 35.1 Å².